The van der Waals surface area contributed by atoms with Crippen molar-refractivity contribution in [1.82, 2.24) is 20.9 Å². The topological polar surface area (TPSA) is 151 Å². The van der Waals surface area contributed by atoms with Crippen molar-refractivity contribution in [2.24, 2.45) is 33.3 Å². The van der Waals surface area contributed by atoms with Crippen LogP contribution in [0.3, 0.4) is 0 Å². The summed E-state index contributed by atoms with van der Waals surface area (Å²) in [7, 11) is 0. The van der Waals surface area contributed by atoms with Crippen LogP contribution in [0.25, 0.3) is 0 Å². The molecule has 5 N–H and O–H groups in total. The van der Waals surface area contributed by atoms with Gasteiger partial charge in [-0.15, -0.1) is 12.4 Å². The minimum atomic E-state index is -0.953. The first-order valence-electron chi connectivity index (χ1n) is 17.6. The van der Waals surface area contributed by atoms with Gasteiger partial charge in [-0.2, -0.15) is 0 Å². The number of rotatable bonds is 11. The van der Waals surface area contributed by atoms with Gasteiger partial charge < -0.3 is 26.6 Å². The van der Waals surface area contributed by atoms with Crippen molar-refractivity contribution in [3.8, 4) is 0 Å². The second-order valence-corrected chi connectivity index (χ2v) is 16.5. The third kappa shape index (κ3) is 6.34. The van der Waals surface area contributed by atoms with Crippen molar-refractivity contribution in [2.45, 2.75) is 155 Å². The number of nitrogens with one attached hydrogen (secondary N) is 3. The van der Waals surface area contributed by atoms with E-state index < -0.39 is 47.2 Å². The molecule has 1 heterocycles. The summed E-state index contributed by atoms with van der Waals surface area (Å²) in [5.74, 6) is -2.20. The number of likely N-dealkylation sites (tertiary alicyclic amines) is 1. The molecule has 0 aromatic carbocycles. The fourth-order valence-electron chi connectivity index (χ4n) is 9.29. The summed E-state index contributed by atoms with van der Waals surface area (Å²) in [6.07, 6.45) is 11.5. The van der Waals surface area contributed by atoms with Gasteiger partial charge in [-0.1, -0.05) is 73.6 Å². The third-order valence-electron chi connectivity index (χ3n) is 12.6. The Labute approximate surface area is 281 Å². The Morgan fingerprint density at radius 3 is 2.04 bits per heavy atom. The highest BCUT2D eigenvalue weighted by atomic mass is 35.5. The zero-order valence-electron chi connectivity index (χ0n) is 28.8. The Morgan fingerprint density at radius 2 is 1.54 bits per heavy atom. The van der Waals surface area contributed by atoms with Crippen molar-refractivity contribution in [3.63, 3.8) is 0 Å². The predicted molar refractivity (Wildman–Crippen MR) is 179 cm³/mol. The van der Waals surface area contributed by atoms with Gasteiger partial charge in [0.1, 0.15) is 12.1 Å². The molecule has 2 spiro atoms. The quantitative estimate of drug-likeness (QED) is 0.247. The van der Waals surface area contributed by atoms with Crippen LogP contribution in [-0.4, -0.2) is 71.1 Å². The lowest BCUT2D eigenvalue weighted by atomic mass is 9.73. The molecule has 0 aromatic rings. The van der Waals surface area contributed by atoms with Gasteiger partial charge in [0.15, 0.2) is 0 Å². The molecular weight excluding hydrogens is 606 g/mol. The predicted octanol–water partition coefficient (Wildman–Crippen LogP) is 3.78. The number of nitrogens with zero attached hydrogens (tertiary/aromatic N) is 1. The van der Waals surface area contributed by atoms with E-state index in [1.54, 1.807) is 4.90 Å². The van der Waals surface area contributed by atoms with E-state index in [1.807, 2.05) is 27.7 Å². The van der Waals surface area contributed by atoms with Gasteiger partial charge in [0.05, 0.1) is 12.1 Å². The summed E-state index contributed by atoms with van der Waals surface area (Å²) >= 11 is 0. The number of nitrogens with two attached hydrogens (primary N) is 1. The van der Waals surface area contributed by atoms with Crippen LogP contribution in [0.2, 0.25) is 0 Å². The molecule has 4 saturated carbocycles. The van der Waals surface area contributed by atoms with Gasteiger partial charge in [0.2, 0.25) is 23.5 Å². The zero-order chi connectivity index (χ0) is 32.9. The molecule has 4 amide bonds. The van der Waals surface area contributed by atoms with Crippen molar-refractivity contribution >= 4 is 41.8 Å². The molecule has 0 aromatic heterocycles. The fraction of sp³-hybridized carbons (Fsp3) is 0.857. The number of carbonyl (C=O) groups is 5. The second kappa shape index (κ2) is 13.4. The highest BCUT2D eigenvalue weighted by Gasteiger charge is 2.85. The van der Waals surface area contributed by atoms with Gasteiger partial charge in [-0.25, -0.2) is 0 Å². The lowest BCUT2D eigenvalue weighted by molar-refractivity contribution is -0.145. The number of halogens is 1. The van der Waals surface area contributed by atoms with Gasteiger partial charge >= 0.3 is 0 Å². The molecule has 5 rings (SSSR count). The van der Waals surface area contributed by atoms with Crippen LogP contribution in [-0.2, 0) is 24.0 Å². The van der Waals surface area contributed by atoms with Crippen LogP contribution < -0.4 is 21.7 Å². The van der Waals surface area contributed by atoms with Crippen LogP contribution in [0.1, 0.15) is 125 Å². The number of hydrogen-bond acceptors (Lipinski definition) is 6. The maximum Gasteiger partial charge on any atom is 0.289 e. The number of ketones is 1. The van der Waals surface area contributed by atoms with Crippen LogP contribution >= 0.6 is 12.4 Å². The molecule has 11 heteroatoms. The minimum Gasteiger partial charge on any atom is -0.347 e. The maximum absolute atomic E-state index is 14.6. The molecule has 0 unspecified atom stereocenters. The van der Waals surface area contributed by atoms with Crippen LogP contribution in [0.15, 0.2) is 0 Å². The summed E-state index contributed by atoms with van der Waals surface area (Å²) in [5, 5.41) is 8.69. The molecule has 260 valence electrons. The van der Waals surface area contributed by atoms with E-state index in [1.165, 1.54) is 0 Å². The first kappa shape index (κ1) is 36.6. The molecule has 1 saturated heterocycles. The summed E-state index contributed by atoms with van der Waals surface area (Å²) in [6.45, 7) is 12.6. The Morgan fingerprint density at radius 1 is 0.913 bits per heavy atom. The number of carbonyl (C=O) groups excluding carboxylic acids is 5. The Balaban J connectivity index is 0.00000480. The first-order valence-corrected chi connectivity index (χ1v) is 17.6. The largest absolute Gasteiger partial charge is 0.347 e. The molecule has 5 fully saturated rings. The van der Waals surface area contributed by atoms with E-state index in [0.29, 0.717) is 25.8 Å². The van der Waals surface area contributed by atoms with E-state index >= 15 is 0 Å². The number of amides is 4. The highest BCUT2D eigenvalue weighted by molar-refractivity contribution is 6.38. The standard InChI is InChI=1S/C35H57N5O5.ClH/c1-7-12-23(26(41)30(44)37-22-15-16-22)38-28(42)24-19-35(33(5,6)34(35)17-11-18-34)20-40(24)31(45)27(32(2,3)4)39-29(43)25(36)21-13-9-8-10-14-21;/h21-25,27H,7-20,36H2,1-6H3,(H,37,44)(H,38,42)(H,39,43);1H/t23-,24-,25-,27+,35+;/m0./s1. The zero-order valence-corrected chi connectivity index (χ0v) is 29.7. The maximum atomic E-state index is 14.6. The SMILES string of the molecule is CCC[C@H](NC(=O)[C@@H]1C[C@@]2(CN1C(=O)[C@@H](NC(=O)[C@@H](N)C1CCCCC1)C(C)(C)C)C(C)(C)C21CCC1)C(=O)C(=O)NC1CC1.Cl. The summed E-state index contributed by atoms with van der Waals surface area (Å²) < 4.78 is 0. The number of hydrogen-bond donors (Lipinski definition) is 4. The Hall–Kier alpha value is -2.20. The molecule has 1 aliphatic heterocycles. The van der Waals surface area contributed by atoms with Gasteiger partial charge in [0.25, 0.3) is 5.91 Å². The average molecular weight is 664 g/mol. The van der Waals surface area contributed by atoms with E-state index in [2.05, 4.69) is 29.8 Å². The van der Waals surface area contributed by atoms with E-state index in [9.17, 15) is 24.0 Å². The van der Waals surface area contributed by atoms with Crippen molar-refractivity contribution in [1.29, 1.82) is 0 Å². The number of Topliss-reactive ketones (excluding diaryl/α,β-unsaturated/α-hetero) is 1. The minimum absolute atomic E-state index is 0. The van der Waals surface area contributed by atoms with Crippen molar-refractivity contribution < 1.29 is 24.0 Å². The summed E-state index contributed by atoms with van der Waals surface area (Å²) in [5.41, 5.74) is 5.66. The third-order valence-corrected chi connectivity index (χ3v) is 12.6. The van der Waals surface area contributed by atoms with Crippen LogP contribution in [0.5, 0.6) is 0 Å². The number of fused-ring (bicyclic) bond motifs is 1. The molecule has 0 bridgehead atoms. The molecule has 0 radical (unpaired) electrons. The van der Waals surface area contributed by atoms with Crippen molar-refractivity contribution in [3.05, 3.63) is 0 Å². The van der Waals surface area contributed by atoms with E-state index in [4.69, 9.17) is 5.73 Å². The molecule has 10 nitrogen and oxygen atoms in total. The Bertz CT molecular complexity index is 1200. The van der Waals surface area contributed by atoms with E-state index in [-0.39, 0.29) is 52.4 Å². The normalized spacial score (nSPS) is 28.3. The first-order chi connectivity index (χ1) is 21.1. The second-order valence-electron chi connectivity index (χ2n) is 16.5. The van der Waals surface area contributed by atoms with Gasteiger partial charge in [-0.05, 0) is 73.5 Å². The fourth-order valence-corrected chi connectivity index (χ4v) is 9.29. The highest BCUT2D eigenvalue weighted by Crippen LogP contribution is 2.88. The molecule has 5 atom stereocenters. The smallest absolute Gasteiger partial charge is 0.289 e. The van der Waals surface area contributed by atoms with Crippen LogP contribution in [0.4, 0.5) is 0 Å². The van der Waals surface area contributed by atoms with Crippen molar-refractivity contribution in [2.75, 3.05) is 6.54 Å². The average Bonchev–Trinajstić information content (AvgIpc) is 3.79. The molecule has 5 aliphatic rings. The Kier molecular flexibility index (Phi) is 10.6. The lowest BCUT2D eigenvalue weighted by Gasteiger charge is -2.37. The lowest BCUT2D eigenvalue weighted by Crippen LogP contribution is -2.61. The van der Waals surface area contributed by atoms with Gasteiger partial charge in [-0.3, -0.25) is 24.0 Å². The summed E-state index contributed by atoms with van der Waals surface area (Å²) in [6, 6.07) is -3.28. The molecular formula is C35H58ClN5O5. The molecule has 46 heavy (non-hydrogen) atoms. The van der Waals surface area contributed by atoms with E-state index in [0.717, 1.165) is 64.2 Å². The monoisotopic (exact) mass is 663 g/mol. The van der Waals surface area contributed by atoms with Gasteiger partial charge in [0, 0.05) is 18.0 Å². The van der Waals surface area contributed by atoms with Crippen LogP contribution in [0, 0.1) is 27.6 Å². The summed E-state index contributed by atoms with van der Waals surface area (Å²) in [4.78, 5) is 69.8. The molecule has 4 aliphatic carbocycles.